The smallest absolute Gasteiger partial charge is 0.0340 e. The average Bonchev–Trinajstić information content (AvgIpc) is 2.29. The highest BCUT2D eigenvalue weighted by Crippen LogP contribution is 2.19. The number of piperidine rings is 1. The summed E-state index contributed by atoms with van der Waals surface area (Å²) in [5.41, 5.74) is 1.49. The standard InChI is InChI=1S/C13H20N2/c1-13(9-5-6-10-15-13)11-14-12-7-3-2-4-8-12/h2-4,7-8,14-15H,5-6,9-11H2,1H3. The van der Waals surface area contributed by atoms with Crippen LogP contribution in [-0.4, -0.2) is 18.6 Å². The van der Waals surface area contributed by atoms with Gasteiger partial charge in [0.1, 0.15) is 0 Å². The van der Waals surface area contributed by atoms with Gasteiger partial charge < -0.3 is 10.6 Å². The summed E-state index contributed by atoms with van der Waals surface area (Å²) in [6.45, 7) is 4.48. The number of hydrogen-bond donors (Lipinski definition) is 2. The van der Waals surface area contributed by atoms with Crippen molar-refractivity contribution in [2.24, 2.45) is 0 Å². The van der Waals surface area contributed by atoms with E-state index in [9.17, 15) is 0 Å². The second kappa shape index (κ2) is 4.67. The van der Waals surface area contributed by atoms with Crippen LogP contribution in [0.15, 0.2) is 30.3 Å². The van der Waals surface area contributed by atoms with Crippen LogP contribution in [0, 0.1) is 0 Å². The van der Waals surface area contributed by atoms with Crippen molar-refractivity contribution in [1.82, 2.24) is 5.32 Å². The monoisotopic (exact) mass is 204 g/mol. The van der Waals surface area contributed by atoms with Gasteiger partial charge in [0.25, 0.3) is 0 Å². The predicted octanol–water partition coefficient (Wildman–Crippen LogP) is 2.63. The lowest BCUT2D eigenvalue weighted by Crippen LogP contribution is -2.50. The van der Waals surface area contributed by atoms with Crippen LogP contribution in [0.3, 0.4) is 0 Å². The van der Waals surface area contributed by atoms with Crippen LogP contribution in [0.2, 0.25) is 0 Å². The van der Waals surface area contributed by atoms with E-state index in [1.165, 1.54) is 24.9 Å². The highest BCUT2D eigenvalue weighted by atomic mass is 15.0. The summed E-state index contributed by atoms with van der Waals surface area (Å²) >= 11 is 0. The molecule has 1 aliphatic heterocycles. The van der Waals surface area contributed by atoms with Gasteiger partial charge in [-0.3, -0.25) is 0 Å². The fourth-order valence-corrected chi connectivity index (χ4v) is 2.12. The minimum atomic E-state index is 0.272. The average molecular weight is 204 g/mol. The Bertz CT molecular complexity index is 289. The summed E-state index contributed by atoms with van der Waals surface area (Å²) in [4.78, 5) is 0. The molecule has 2 N–H and O–H groups in total. The van der Waals surface area contributed by atoms with Crippen molar-refractivity contribution in [2.75, 3.05) is 18.4 Å². The highest BCUT2D eigenvalue weighted by molar-refractivity contribution is 5.42. The molecule has 0 bridgehead atoms. The molecule has 1 saturated heterocycles. The molecule has 1 aromatic carbocycles. The molecular formula is C13H20N2. The molecule has 1 atom stereocenters. The molecule has 0 aromatic heterocycles. The Balaban J connectivity index is 1.87. The summed E-state index contributed by atoms with van der Waals surface area (Å²) in [6, 6.07) is 10.4. The number of hydrogen-bond acceptors (Lipinski definition) is 2. The lowest BCUT2D eigenvalue weighted by Gasteiger charge is -2.35. The quantitative estimate of drug-likeness (QED) is 0.791. The maximum Gasteiger partial charge on any atom is 0.0340 e. The van der Waals surface area contributed by atoms with Crippen LogP contribution in [0.1, 0.15) is 26.2 Å². The van der Waals surface area contributed by atoms with Crippen LogP contribution >= 0.6 is 0 Å². The van der Waals surface area contributed by atoms with E-state index < -0.39 is 0 Å². The molecule has 2 nitrogen and oxygen atoms in total. The third-order valence-corrected chi connectivity index (χ3v) is 3.16. The number of nitrogens with one attached hydrogen (secondary N) is 2. The summed E-state index contributed by atoms with van der Waals surface area (Å²) in [5, 5.41) is 7.10. The van der Waals surface area contributed by atoms with Gasteiger partial charge in [0.05, 0.1) is 0 Å². The van der Waals surface area contributed by atoms with Gasteiger partial charge in [0, 0.05) is 17.8 Å². The molecule has 2 heteroatoms. The van der Waals surface area contributed by atoms with Crippen molar-refractivity contribution >= 4 is 5.69 Å². The third-order valence-electron chi connectivity index (χ3n) is 3.16. The van der Waals surface area contributed by atoms with Crippen LogP contribution in [-0.2, 0) is 0 Å². The zero-order chi connectivity index (χ0) is 10.6. The van der Waals surface area contributed by atoms with Gasteiger partial charge >= 0.3 is 0 Å². The van der Waals surface area contributed by atoms with Crippen molar-refractivity contribution in [3.63, 3.8) is 0 Å². The summed E-state index contributed by atoms with van der Waals surface area (Å²) in [6.07, 6.45) is 3.94. The van der Waals surface area contributed by atoms with E-state index in [2.05, 4.69) is 41.8 Å². The molecule has 15 heavy (non-hydrogen) atoms. The van der Waals surface area contributed by atoms with Gasteiger partial charge in [-0.1, -0.05) is 24.6 Å². The second-order valence-corrected chi connectivity index (χ2v) is 4.66. The first kappa shape index (κ1) is 10.5. The number of para-hydroxylation sites is 1. The van der Waals surface area contributed by atoms with Gasteiger partial charge in [-0.2, -0.15) is 0 Å². The Morgan fingerprint density at radius 2 is 2.07 bits per heavy atom. The van der Waals surface area contributed by atoms with Gasteiger partial charge in [-0.15, -0.1) is 0 Å². The summed E-state index contributed by atoms with van der Waals surface area (Å²) in [5.74, 6) is 0. The molecule has 0 aliphatic carbocycles. The molecule has 1 aliphatic rings. The third kappa shape index (κ3) is 2.96. The number of anilines is 1. The Kier molecular flexibility index (Phi) is 3.27. The van der Waals surface area contributed by atoms with Gasteiger partial charge in [-0.25, -0.2) is 0 Å². The molecule has 0 amide bonds. The molecule has 2 rings (SSSR count). The minimum Gasteiger partial charge on any atom is -0.383 e. The molecule has 0 saturated carbocycles. The maximum absolute atomic E-state index is 3.60. The zero-order valence-electron chi connectivity index (χ0n) is 9.42. The van der Waals surface area contributed by atoms with Crippen LogP contribution in [0.4, 0.5) is 5.69 Å². The largest absolute Gasteiger partial charge is 0.383 e. The first-order valence-electron chi connectivity index (χ1n) is 5.82. The molecule has 1 fully saturated rings. The van der Waals surface area contributed by atoms with Crippen molar-refractivity contribution in [3.8, 4) is 0 Å². The van der Waals surface area contributed by atoms with E-state index in [1.54, 1.807) is 0 Å². The Morgan fingerprint density at radius 1 is 1.27 bits per heavy atom. The van der Waals surface area contributed by atoms with Crippen molar-refractivity contribution in [3.05, 3.63) is 30.3 Å². The maximum atomic E-state index is 3.60. The molecule has 1 aromatic rings. The topological polar surface area (TPSA) is 24.1 Å². The lowest BCUT2D eigenvalue weighted by molar-refractivity contribution is 0.293. The molecule has 0 spiro atoms. The Morgan fingerprint density at radius 3 is 2.73 bits per heavy atom. The first-order chi connectivity index (χ1) is 7.29. The normalized spacial score (nSPS) is 26.2. The SMILES string of the molecule is CC1(CNc2ccccc2)CCCCN1. The molecule has 0 radical (unpaired) electrons. The van der Waals surface area contributed by atoms with E-state index in [1.807, 2.05) is 6.07 Å². The Labute approximate surface area is 92.1 Å². The van der Waals surface area contributed by atoms with E-state index in [-0.39, 0.29) is 5.54 Å². The van der Waals surface area contributed by atoms with Crippen LogP contribution in [0.5, 0.6) is 0 Å². The lowest BCUT2D eigenvalue weighted by atomic mass is 9.91. The van der Waals surface area contributed by atoms with Gasteiger partial charge in [-0.05, 0) is 38.4 Å². The van der Waals surface area contributed by atoms with Crippen molar-refractivity contribution in [2.45, 2.75) is 31.7 Å². The Hall–Kier alpha value is -1.02. The number of benzene rings is 1. The molecule has 82 valence electrons. The van der Waals surface area contributed by atoms with Crippen molar-refractivity contribution in [1.29, 1.82) is 0 Å². The minimum absolute atomic E-state index is 0.272. The summed E-state index contributed by atoms with van der Waals surface area (Å²) < 4.78 is 0. The van der Waals surface area contributed by atoms with Crippen molar-refractivity contribution < 1.29 is 0 Å². The summed E-state index contributed by atoms with van der Waals surface area (Å²) in [7, 11) is 0. The fraction of sp³-hybridized carbons (Fsp3) is 0.538. The molecule has 1 heterocycles. The van der Waals surface area contributed by atoms with E-state index >= 15 is 0 Å². The second-order valence-electron chi connectivity index (χ2n) is 4.66. The highest BCUT2D eigenvalue weighted by Gasteiger charge is 2.25. The zero-order valence-corrected chi connectivity index (χ0v) is 9.42. The molecular weight excluding hydrogens is 184 g/mol. The van der Waals surface area contributed by atoms with Crippen LogP contribution in [0.25, 0.3) is 0 Å². The van der Waals surface area contributed by atoms with E-state index in [0.717, 1.165) is 13.1 Å². The number of rotatable bonds is 3. The fourth-order valence-electron chi connectivity index (χ4n) is 2.12. The van der Waals surface area contributed by atoms with E-state index in [4.69, 9.17) is 0 Å². The van der Waals surface area contributed by atoms with E-state index in [0.29, 0.717) is 0 Å². The first-order valence-corrected chi connectivity index (χ1v) is 5.82. The molecule has 1 unspecified atom stereocenters. The van der Waals surface area contributed by atoms with Gasteiger partial charge in [0.15, 0.2) is 0 Å². The van der Waals surface area contributed by atoms with Gasteiger partial charge in [0.2, 0.25) is 0 Å². The van der Waals surface area contributed by atoms with Crippen LogP contribution < -0.4 is 10.6 Å². The predicted molar refractivity (Wildman–Crippen MR) is 65.2 cm³/mol.